The molecule has 0 aliphatic heterocycles. The molecule has 0 saturated carbocycles. The molecule has 0 saturated heterocycles. The fraction of sp³-hybridized carbons (Fsp3) is 0.278. The van der Waals surface area contributed by atoms with Gasteiger partial charge in [0, 0.05) is 5.69 Å². The molecule has 0 spiro atoms. The number of carbonyl (C=O) groups is 1. The smallest absolute Gasteiger partial charge is 0.240 e. The standard InChI is InChI=1S/C18H20N2O3S/c1-12-7-9-14(24(22,23)19-2)11-17(12)20-18(21)16-10-8-13-5-3-4-6-15(13)16/h3-7,9,11,16,19H,8,10H2,1-2H3,(H,20,21). The Morgan fingerprint density at radius 1 is 1.17 bits per heavy atom. The third-order valence-corrected chi connectivity index (χ3v) is 5.91. The van der Waals surface area contributed by atoms with Gasteiger partial charge in [-0.2, -0.15) is 0 Å². The number of nitrogens with one attached hydrogen (secondary N) is 2. The normalized spacial score (nSPS) is 16.7. The van der Waals surface area contributed by atoms with Crippen molar-refractivity contribution in [2.75, 3.05) is 12.4 Å². The van der Waals surface area contributed by atoms with Crippen molar-refractivity contribution in [2.45, 2.75) is 30.6 Å². The highest BCUT2D eigenvalue weighted by atomic mass is 32.2. The number of sulfonamides is 1. The van der Waals surface area contributed by atoms with Gasteiger partial charge < -0.3 is 5.32 Å². The number of carbonyl (C=O) groups excluding carboxylic acids is 1. The summed E-state index contributed by atoms with van der Waals surface area (Å²) >= 11 is 0. The van der Waals surface area contributed by atoms with E-state index in [9.17, 15) is 13.2 Å². The van der Waals surface area contributed by atoms with Crippen LogP contribution in [0.3, 0.4) is 0 Å². The van der Waals surface area contributed by atoms with Crippen LogP contribution in [0.25, 0.3) is 0 Å². The minimum Gasteiger partial charge on any atom is -0.325 e. The molecule has 1 unspecified atom stereocenters. The van der Waals surface area contributed by atoms with Crippen molar-refractivity contribution in [1.82, 2.24) is 4.72 Å². The largest absolute Gasteiger partial charge is 0.325 e. The molecule has 2 N–H and O–H groups in total. The summed E-state index contributed by atoms with van der Waals surface area (Å²) in [5.74, 6) is -0.285. The molecule has 0 radical (unpaired) electrons. The van der Waals surface area contributed by atoms with Crippen molar-refractivity contribution in [1.29, 1.82) is 0 Å². The molecule has 2 aromatic carbocycles. The summed E-state index contributed by atoms with van der Waals surface area (Å²) in [6.07, 6.45) is 1.67. The van der Waals surface area contributed by atoms with E-state index in [1.807, 2.05) is 31.2 Å². The summed E-state index contributed by atoms with van der Waals surface area (Å²) in [5, 5.41) is 2.90. The summed E-state index contributed by atoms with van der Waals surface area (Å²) in [5.41, 5.74) is 3.62. The molecule has 6 heteroatoms. The Hall–Kier alpha value is -2.18. The number of benzene rings is 2. The molecule has 0 fully saturated rings. The molecule has 2 aromatic rings. The molecule has 1 amide bonds. The zero-order chi connectivity index (χ0) is 17.3. The lowest BCUT2D eigenvalue weighted by Gasteiger charge is -2.15. The van der Waals surface area contributed by atoms with Crippen LogP contribution >= 0.6 is 0 Å². The quantitative estimate of drug-likeness (QED) is 0.895. The first kappa shape index (κ1) is 16.7. The molecule has 0 bridgehead atoms. The highest BCUT2D eigenvalue weighted by Gasteiger charge is 2.28. The fourth-order valence-electron chi connectivity index (χ4n) is 3.07. The van der Waals surface area contributed by atoms with Crippen LogP contribution in [0.2, 0.25) is 0 Å². The molecular formula is C18H20N2O3S. The van der Waals surface area contributed by atoms with E-state index < -0.39 is 10.0 Å². The summed E-state index contributed by atoms with van der Waals surface area (Å²) in [6, 6.07) is 12.7. The van der Waals surface area contributed by atoms with Crippen LogP contribution in [0.4, 0.5) is 5.69 Å². The minimum atomic E-state index is -3.54. The number of fused-ring (bicyclic) bond motifs is 1. The van der Waals surface area contributed by atoms with Crippen molar-refractivity contribution >= 4 is 21.6 Å². The van der Waals surface area contributed by atoms with Crippen molar-refractivity contribution in [2.24, 2.45) is 0 Å². The van der Waals surface area contributed by atoms with Gasteiger partial charge in [0.05, 0.1) is 10.8 Å². The molecule has 1 atom stereocenters. The third-order valence-electron chi connectivity index (χ3n) is 4.50. The molecule has 24 heavy (non-hydrogen) atoms. The Labute approximate surface area is 142 Å². The maximum absolute atomic E-state index is 12.7. The predicted molar refractivity (Wildman–Crippen MR) is 93.6 cm³/mol. The molecule has 3 rings (SSSR count). The molecule has 0 aromatic heterocycles. The van der Waals surface area contributed by atoms with Gasteiger partial charge in [0.15, 0.2) is 0 Å². The van der Waals surface area contributed by atoms with Crippen LogP contribution in [-0.2, 0) is 21.2 Å². The molecule has 1 aliphatic rings. The van der Waals surface area contributed by atoms with E-state index >= 15 is 0 Å². The topological polar surface area (TPSA) is 75.3 Å². The Morgan fingerprint density at radius 3 is 2.67 bits per heavy atom. The van der Waals surface area contributed by atoms with Crippen LogP contribution in [0.1, 0.15) is 29.0 Å². The lowest BCUT2D eigenvalue weighted by atomic mass is 10.0. The van der Waals surface area contributed by atoms with Gasteiger partial charge in [0.1, 0.15) is 0 Å². The summed E-state index contributed by atoms with van der Waals surface area (Å²) in [4.78, 5) is 12.8. The Bertz CT molecular complexity index is 891. The number of amides is 1. The zero-order valence-electron chi connectivity index (χ0n) is 13.7. The maximum atomic E-state index is 12.7. The highest BCUT2D eigenvalue weighted by Crippen LogP contribution is 2.34. The predicted octanol–water partition coefficient (Wildman–Crippen LogP) is 2.57. The summed E-state index contributed by atoms with van der Waals surface area (Å²) < 4.78 is 26.2. The molecule has 1 aliphatic carbocycles. The van der Waals surface area contributed by atoms with Gasteiger partial charge in [0.25, 0.3) is 0 Å². The number of hydrogen-bond acceptors (Lipinski definition) is 3. The summed E-state index contributed by atoms with van der Waals surface area (Å²) in [6.45, 7) is 1.84. The zero-order valence-corrected chi connectivity index (χ0v) is 14.5. The second kappa shape index (κ2) is 6.37. The number of hydrogen-bond donors (Lipinski definition) is 2. The minimum absolute atomic E-state index is 0.0953. The molecule has 0 heterocycles. The number of anilines is 1. The Morgan fingerprint density at radius 2 is 1.92 bits per heavy atom. The van der Waals surface area contributed by atoms with Crippen LogP contribution in [0.15, 0.2) is 47.4 Å². The second-order valence-electron chi connectivity index (χ2n) is 5.96. The number of rotatable bonds is 4. The maximum Gasteiger partial charge on any atom is 0.240 e. The van der Waals surface area contributed by atoms with Gasteiger partial charge in [-0.25, -0.2) is 13.1 Å². The lowest BCUT2D eigenvalue weighted by Crippen LogP contribution is -2.21. The molecule has 5 nitrogen and oxygen atoms in total. The molecular weight excluding hydrogens is 324 g/mol. The second-order valence-corrected chi connectivity index (χ2v) is 7.85. The van der Waals surface area contributed by atoms with E-state index in [1.165, 1.54) is 24.7 Å². The number of aryl methyl sites for hydroxylation is 2. The van der Waals surface area contributed by atoms with E-state index in [-0.39, 0.29) is 16.7 Å². The molecule has 126 valence electrons. The average molecular weight is 344 g/mol. The third kappa shape index (κ3) is 3.07. The van der Waals surface area contributed by atoms with Crippen molar-refractivity contribution in [3.63, 3.8) is 0 Å². The first-order chi connectivity index (χ1) is 11.4. The lowest BCUT2D eigenvalue weighted by molar-refractivity contribution is -0.117. The Balaban J connectivity index is 1.87. The van der Waals surface area contributed by atoms with E-state index in [1.54, 1.807) is 6.07 Å². The summed E-state index contributed by atoms with van der Waals surface area (Å²) in [7, 11) is -2.18. The van der Waals surface area contributed by atoms with Gasteiger partial charge in [0.2, 0.25) is 15.9 Å². The van der Waals surface area contributed by atoms with Gasteiger partial charge in [-0.15, -0.1) is 0 Å². The van der Waals surface area contributed by atoms with E-state index in [2.05, 4.69) is 10.0 Å². The highest BCUT2D eigenvalue weighted by molar-refractivity contribution is 7.89. The van der Waals surface area contributed by atoms with Crippen LogP contribution < -0.4 is 10.0 Å². The first-order valence-electron chi connectivity index (χ1n) is 7.85. The van der Waals surface area contributed by atoms with Crippen molar-refractivity contribution < 1.29 is 13.2 Å². The monoisotopic (exact) mass is 344 g/mol. The van der Waals surface area contributed by atoms with E-state index in [4.69, 9.17) is 0 Å². The van der Waals surface area contributed by atoms with Crippen LogP contribution in [0.5, 0.6) is 0 Å². The Kier molecular flexibility index (Phi) is 4.43. The van der Waals surface area contributed by atoms with Gasteiger partial charge >= 0.3 is 0 Å². The SMILES string of the molecule is CNS(=O)(=O)c1ccc(C)c(NC(=O)C2CCc3ccccc32)c1. The van der Waals surface area contributed by atoms with Gasteiger partial charge in [-0.3, -0.25) is 4.79 Å². The van der Waals surface area contributed by atoms with Crippen molar-refractivity contribution in [3.8, 4) is 0 Å². The van der Waals surface area contributed by atoms with E-state index in [0.29, 0.717) is 5.69 Å². The fourth-order valence-corrected chi connectivity index (χ4v) is 3.83. The van der Waals surface area contributed by atoms with Crippen LogP contribution in [0, 0.1) is 6.92 Å². The van der Waals surface area contributed by atoms with Crippen LogP contribution in [-0.4, -0.2) is 21.4 Å². The van der Waals surface area contributed by atoms with Gasteiger partial charge in [-0.1, -0.05) is 30.3 Å². The van der Waals surface area contributed by atoms with Crippen molar-refractivity contribution in [3.05, 3.63) is 59.2 Å². The average Bonchev–Trinajstić information content (AvgIpc) is 3.00. The van der Waals surface area contributed by atoms with Gasteiger partial charge in [-0.05, 0) is 55.6 Å². The first-order valence-corrected chi connectivity index (χ1v) is 9.33. The van der Waals surface area contributed by atoms with E-state index in [0.717, 1.165) is 24.0 Å².